The van der Waals surface area contributed by atoms with E-state index in [2.05, 4.69) is 16.4 Å². The summed E-state index contributed by atoms with van der Waals surface area (Å²) in [6, 6.07) is 0. The lowest BCUT2D eigenvalue weighted by molar-refractivity contribution is -0.139. The van der Waals surface area contributed by atoms with E-state index in [1.807, 2.05) is 28.2 Å². The molecule has 0 atom stereocenters. The molecule has 0 aliphatic heterocycles. The molecule has 6 nitrogen and oxygen atoms in total. The van der Waals surface area contributed by atoms with Crippen molar-refractivity contribution < 1.29 is 19.4 Å². The van der Waals surface area contributed by atoms with Crippen LogP contribution in [-0.2, 0) is 14.3 Å². The van der Waals surface area contributed by atoms with Crippen LogP contribution in [0.2, 0.25) is 0 Å². The van der Waals surface area contributed by atoms with Crippen LogP contribution < -0.4 is 0 Å². The number of hydrogen-bond donors (Lipinski definition) is 1. The molecule has 0 bridgehead atoms. The van der Waals surface area contributed by atoms with Gasteiger partial charge in [-0.2, -0.15) is 0 Å². The van der Waals surface area contributed by atoms with Gasteiger partial charge in [0.2, 0.25) is 0 Å². The van der Waals surface area contributed by atoms with Crippen LogP contribution in [0.3, 0.4) is 0 Å². The fourth-order valence-corrected chi connectivity index (χ4v) is 1.48. The number of nitrogens with zero attached hydrogens (tertiary/aromatic N) is 2. The Kier molecular flexibility index (Phi) is 15.3. The molecule has 0 heterocycles. The molecular weight excluding hydrogens is 308 g/mol. The van der Waals surface area contributed by atoms with Gasteiger partial charge in [0.05, 0.1) is 6.61 Å². The second-order valence-electron chi connectivity index (χ2n) is 6.21. The number of allylic oxidation sites excluding steroid dienone is 1. The van der Waals surface area contributed by atoms with Crippen molar-refractivity contribution in [2.45, 2.75) is 33.1 Å². The first-order valence-electron chi connectivity index (χ1n) is 8.10. The van der Waals surface area contributed by atoms with Gasteiger partial charge in [-0.3, -0.25) is 0 Å². The fourth-order valence-electron chi connectivity index (χ4n) is 1.48. The van der Waals surface area contributed by atoms with Crippen molar-refractivity contribution in [3.63, 3.8) is 0 Å². The Bertz CT molecular complexity index is 415. The molecule has 0 spiro atoms. The first-order valence-corrected chi connectivity index (χ1v) is 8.10. The number of carboxylic acid groups (broad SMARTS) is 1. The van der Waals surface area contributed by atoms with Gasteiger partial charge in [-0.25, -0.2) is 9.59 Å². The Morgan fingerprint density at radius 2 is 1.54 bits per heavy atom. The minimum atomic E-state index is -0.820. The normalized spacial score (nSPS) is 11.1. The Morgan fingerprint density at radius 3 is 1.96 bits per heavy atom. The lowest BCUT2D eigenvalue weighted by Crippen LogP contribution is -2.16. The van der Waals surface area contributed by atoms with Crippen molar-refractivity contribution in [2.75, 3.05) is 47.9 Å². The van der Waals surface area contributed by atoms with Crippen molar-refractivity contribution in [2.24, 2.45) is 0 Å². The number of carbonyl (C=O) groups is 2. The third-order valence-electron chi connectivity index (χ3n) is 2.93. The van der Waals surface area contributed by atoms with E-state index in [0.29, 0.717) is 17.8 Å². The second-order valence-corrected chi connectivity index (χ2v) is 6.21. The van der Waals surface area contributed by atoms with Crippen molar-refractivity contribution in [3.8, 4) is 0 Å². The van der Waals surface area contributed by atoms with E-state index in [4.69, 9.17) is 9.84 Å². The zero-order chi connectivity index (χ0) is 19.1. The van der Waals surface area contributed by atoms with Gasteiger partial charge in [-0.15, -0.1) is 0 Å². The summed E-state index contributed by atoms with van der Waals surface area (Å²) in [4.78, 5) is 25.3. The summed E-state index contributed by atoms with van der Waals surface area (Å²) in [5.74, 6) is -1.12. The molecule has 0 unspecified atom stereocenters. The van der Waals surface area contributed by atoms with E-state index >= 15 is 0 Å². The molecule has 0 aromatic carbocycles. The molecule has 0 amide bonds. The second kappa shape index (κ2) is 14.9. The van der Waals surface area contributed by atoms with Crippen LogP contribution in [0.1, 0.15) is 33.1 Å². The number of carboxylic acids is 1. The van der Waals surface area contributed by atoms with Crippen LogP contribution in [0.5, 0.6) is 0 Å². The molecule has 0 radical (unpaired) electrons. The molecule has 0 fully saturated rings. The maximum absolute atomic E-state index is 10.9. The van der Waals surface area contributed by atoms with Gasteiger partial charge in [0.25, 0.3) is 0 Å². The molecule has 0 saturated heterocycles. The van der Waals surface area contributed by atoms with Gasteiger partial charge in [0.1, 0.15) is 0 Å². The van der Waals surface area contributed by atoms with Crippen molar-refractivity contribution >= 4 is 11.9 Å². The highest BCUT2D eigenvalue weighted by Crippen LogP contribution is 1.98. The Labute approximate surface area is 146 Å². The van der Waals surface area contributed by atoms with Gasteiger partial charge in [-0.05, 0) is 67.8 Å². The summed E-state index contributed by atoms with van der Waals surface area (Å²) in [7, 11) is 7.99. The lowest BCUT2D eigenvalue weighted by Gasteiger charge is -2.09. The number of rotatable bonds is 10. The summed E-state index contributed by atoms with van der Waals surface area (Å²) in [6.07, 6.45) is 4.49. The monoisotopic (exact) mass is 342 g/mol. The van der Waals surface area contributed by atoms with Crippen molar-refractivity contribution in [3.05, 3.63) is 23.8 Å². The number of ether oxygens (including phenoxy) is 1. The first-order chi connectivity index (χ1) is 11.1. The maximum atomic E-state index is 10.9. The lowest BCUT2D eigenvalue weighted by atomic mass is 10.2. The van der Waals surface area contributed by atoms with Gasteiger partial charge in [0.15, 0.2) is 0 Å². The van der Waals surface area contributed by atoms with Crippen LogP contribution >= 0.6 is 0 Å². The summed E-state index contributed by atoms with van der Waals surface area (Å²) >= 11 is 0. The van der Waals surface area contributed by atoms with E-state index in [9.17, 15) is 9.59 Å². The van der Waals surface area contributed by atoms with Crippen LogP contribution in [0.25, 0.3) is 0 Å². The zero-order valence-electron chi connectivity index (χ0n) is 16.1. The van der Waals surface area contributed by atoms with Gasteiger partial charge < -0.3 is 19.6 Å². The first kappa shape index (κ1) is 24.6. The number of aliphatic carboxylic acids is 1. The Morgan fingerprint density at radius 1 is 1.04 bits per heavy atom. The van der Waals surface area contributed by atoms with Crippen LogP contribution in [0.4, 0.5) is 0 Å². The maximum Gasteiger partial charge on any atom is 0.333 e. The van der Waals surface area contributed by atoms with Crippen LogP contribution in [0.15, 0.2) is 23.8 Å². The summed E-state index contributed by atoms with van der Waals surface area (Å²) in [6.45, 7) is 9.17. The quantitative estimate of drug-likeness (QED) is 0.373. The molecule has 6 heteroatoms. The molecule has 0 rings (SSSR count). The van der Waals surface area contributed by atoms with Crippen molar-refractivity contribution in [1.29, 1.82) is 0 Å². The van der Waals surface area contributed by atoms with Gasteiger partial charge >= 0.3 is 11.9 Å². The fraction of sp³-hybridized carbons (Fsp3) is 0.667. The predicted octanol–water partition coefficient (Wildman–Crippen LogP) is 2.42. The summed E-state index contributed by atoms with van der Waals surface area (Å²) in [5, 5.41) is 8.51. The minimum absolute atomic E-state index is 0.297. The SMILES string of the molecule is C=C(C)C(=O)OCCCN(C)C.CC(=CCCCN(C)C)C(=O)O. The number of carbonyl (C=O) groups excluding carboxylic acids is 1. The molecule has 0 aliphatic rings. The highest BCUT2D eigenvalue weighted by molar-refractivity contribution is 5.86. The summed E-state index contributed by atoms with van der Waals surface area (Å²) in [5.41, 5.74) is 0.897. The van der Waals surface area contributed by atoms with Gasteiger partial charge in [-0.1, -0.05) is 12.7 Å². The van der Waals surface area contributed by atoms with Gasteiger partial charge in [0, 0.05) is 17.7 Å². The zero-order valence-corrected chi connectivity index (χ0v) is 16.1. The third-order valence-corrected chi connectivity index (χ3v) is 2.93. The molecule has 24 heavy (non-hydrogen) atoms. The standard InChI is InChI=1S/2C9H17NO2/c1-8(2)9(11)12-7-5-6-10(3)4;1-8(9(11)12)6-4-5-7-10(2)3/h1,5-7H2,2-4H3;6H,4-5,7H2,1-3H3,(H,11,12). The number of unbranched alkanes of at least 4 members (excludes halogenated alkanes) is 1. The number of esters is 1. The third kappa shape index (κ3) is 18.4. The molecule has 0 aromatic rings. The van der Waals surface area contributed by atoms with E-state index in [1.165, 1.54) is 0 Å². The molecule has 0 aromatic heterocycles. The van der Waals surface area contributed by atoms with E-state index in [0.717, 1.165) is 32.4 Å². The molecular formula is C18H34N2O4. The molecule has 0 aliphatic carbocycles. The highest BCUT2D eigenvalue weighted by atomic mass is 16.5. The van der Waals surface area contributed by atoms with Crippen LogP contribution in [-0.4, -0.2) is 74.7 Å². The minimum Gasteiger partial charge on any atom is -0.478 e. The number of hydrogen-bond acceptors (Lipinski definition) is 5. The topological polar surface area (TPSA) is 70.1 Å². The van der Waals surface area contributed by atoms with E-state index in [-0.39, 0.29) is 5.97 Å². The van der Waals surface area contributed by atoms with Crippen molar-refractivity contribution in [1.82, 2.24) is 9.80 Å². The smallest absolute Gasteiger partial charge is 0.333 e. The average Bonchev–Trinajstić information content (AvgIpc) is 2.47. The molecule has 0 saturated carbocycles. The Balaban J connectivity index is 0. The van der Waals surface area contributed by atoms with Crippen LogP contribution in [0, 0.1) is 0 Å². The Hall–Kier alpha value is -1.66. The largest absolute Gasteiger partial charge is 0.478 e. The highest BCUT2D eigenvalue weighted by Gasteiger charge is 2.01. The molecule has 140 valence electrons. The van der Waals surface area contributed by atoms with E-state index in [1.54, 1.807) is 19.9 Å². The average molecular weight is 342 g/mol. The molecule has 1 N–H and O–H groups in total. The van der Waals surface area contributed by atoms with E-state index < -0.39 is 5.97 Å². The summed E-state index contributed by atoms with van der Waals surface area (Å²) < 4.78 is 4.89. The predicted molar refractivity (Wildman–Crippen MR) is 98.1 cm³/mol.